The number of carbonyl (C=O) groups excluding carboxylic acids is 3. The molecule has 3 amide bonds. The van der Waals surface area contributed by atoms with Crippen molar-refractivity contribution in [2.75, 3.05) is 13.1 Å². The Labute approximate surface area is 222 Å². The largest absolute Gasteiger partial charge is 0.508 e. The number of amides is 3. The Morgan fingerprint density at radius 3 is 2.21 bits per heavy atom. The molecule has 202 valence electrons. The summed E-state index contributed by atoms with van der Waals surface area (Å²) in [6.45, 7) is 0.769. The predicted octanol–water partition coefficient (Wildman–Crippen LogP) is -0.0165. The molecule has 0 saturated carbocycles. The molecule has 2 aromatic rings. The van der Waals surface area contributed by atoms with E-state index < -0.39 is 37.1 Å². The van der Waals surface area contributed by atoms with Crippen LogP contribution in [0, 0.1) is 0 Å². The summed E-state index contributed by atoms with van der Waals surface area (Å²) in [4.78, 5) is 43.1. The van der Waals surface area contributed by atoms with Crippen molar-refractivity contribution >= 4 is 24.8 Å². The predicted molar refractivity (Wildman–Crippen MR) is 142 cm³/mol. The Balaban J connectivity index is 1.47. The van der Waals surface area contributed by atoms with Crippen molar-refractivity contribution in [3.05, 3.63) is 65.7 Å². The van der Waals surface area contributed by atoms with Crippen molar-refractivity contribution in [1.29, 1.82) is 0 Å². The summed E-state index contributed by atoms with van der Waals surface area (Å²) >= 11 is 0. The van der Waals surface area contributed by atoms with E-state index in [1.807, 2.05) is 30.3 Å². The molecule has 2 aliphatic heterocycles. The molecule has 0 spiro atoms. The van der Waals surface area contributed by atoms with Gasteiger partial charge in [0.2, 0.25) is 17.7 Å². The molecule has 0 radical (unpaired) electrons. The van der Waals surface area contributed by atoms with E-state index in [-0.39, 0.29) is 30.4 Å². The van der Waals surface area contributed by atoms with Crippen molar-refractivity contribution < 1.29 is 29.5 Å². The number of hydrogen-bond acceptors (Lipinski definition) is 7. The lowest BCUT2D eigenvalue weighted by Crippen LogP contribution is -2.58. The van der Waals surface area contributed by atoms with E-state index in [0.29, 0.717) is 38.8 Å². The minimum Gasteiger partial charge on any atom is -0.508 e. The van der Waals surface area contributed by atoms with Crippen LogP contribution in [0.4, 0.5) is 0 Å². The molecule has 2 saturated heterocycles. The van der Waals surface area contributed by atoms with Crippen LogP contribution in [-0.2, 0) is 27.2 Å². The third kappa shape index (κ3) is 6.53. The fourth-order valence-corrected chi connectivity index (χ4v) is 5.38. The van der Waals surface area contributed by atoms with E-state index >= 15 is 0 Å². The van der Waals surface area contributed by atoms with E-state index in [2.05, 4.69) is 5.32 Å². The van der Waals surface area contributed by atoms with Crippen molar-refractivity contribution in [2.24, 2.45) is 5.73 Å². The number of rotatable bonds is 9. The highest BCUT2D eigenvalue weighted by molar-refractivity contribution is 6.43. The van der Waals surface area contributed by atoms with E-state index in [1.165, 1.54) is 21.9 Å². The van der Waals surface area contributed by atoms with Crippen molar-refractivity contribution in [2.45, 2.75) is 62.6 Å². The molecule has 2 heterocycles. The SMILES string of the molecule is N[C@@H](Cc1ccc(O)cc1)C(=O)N1CCC[C@@H]1C(=O)N[C@@H](Cc1ccccc1)C(=O)N1CCC[C@H]1B(O)O. The van der Waals surface area contributed by atoms with Crippen LogP contribution in [0.15, 0.2) is 54.6 Å². The van der Waals surface area contributed by atoms with Gasteiger partial charge in [-0.2, -0.15) is 0 Å². The van der Waals surface area contributed by atoms with Gasteiger partial charge in [0, 0.05) is 19.5 Å². The zero-order valence-electron chi connectivity index (χ0n) is 21.3. The lowest BCUT2D eigenvalue weighted by molar-refractivity contribution is -0.141. The molecule has 10 nitrogen and oxygen atoms in total. The maximum atomic E-state index is 13.5. The molecule has 4 atom stereocenters. The highest BCUT2D eigenvalue weighted by atomic mass is 16.4. The molecular formula is C27H35BN4O6. The Morgan fingerprint density at radius 2 is 1.53 bits per heavy atom. The van der Waals surface area contributed by atoms with Gasteiger partial charge in [-0.25, -0.2) is 0 Å². The summed E-state index contributed by atoms with van der Waals surface area (Å²) in [5, 5.41) is 31.9. The van der Waals surface area contributed by atoms with Crippen LogP contribution in [-0.4, -0.2) is 87.0 Å². The number of phenols is 1. The summed E-state index contributed by atoms with van der Waals surface area (Å²) in [6.07, 6.45) is 2.70. The van der Waals surface area contributed by atoms with Gasteiger partial charge in [0.05, 0.1) is 12.0 Å². The summed E-state index contributed by atoms with van der Waals surface area (Å²) in [7, 11) is -1.66. The number of likely N-dealkylation sites (tertiary alicyclic amines) is 2. The van der Waals surface area contributed by atoms with Crippen molar-refractivity contribution in [1.82, 2.24) is 15.1 Å². The zero-order valence-corrected chi connectivity index (χ0v) is 21.3. The average molecular weight is 522 g/mol. The number of nitrogens with one attached hydrogen (secondary N) is 1. The quantitative estimate of drug-likeness (QED) is 0.290. The minimum atomic E-state index is -1.66. The summed E-state index contributed by atoms with van der Waals surface area (Å²) < 4.78 is 0. The van der Waals surface area contributed by atoms with Gasteiger partial charge in [-0.3, -0.25) is 14.4 Å². The molecule has 38 heavy (non-hydrogen) atoms. The number of hydrogen-bond donors (Lipinski definition) is 5. The lowest BCUT2D eigenvalue weighted by atomic mass is 9.77. The Kier molecular flexibility index (Phi) is 9.03. The van der Waals surface area contributed by atoms with Gasteiger partial charge in [-0.05, 0) is 55.4 Å². The second-order valence-electron chi connectivity index (χ2n) is 10.1. The molecule has 2 fully saturated rings. The van der Waals surface area contributed by atoms with Crippen molar-refractivity contribution in [3.8, 4) is 5.75 Å². The highest BCUT2D eigenvalue weighted by Crippen LogP contribution is 2.23. The smallest absolute Gasteiger partial charge is 0.475 e. The van der Waals surface area contributed by atoms with Crippen LogP contribution in [0.3, 0.4) is 0 Å². The topological polar surface area (TPSA) is 156 Å². The van der Waals surface area contributed by atoms with E-state index in [0.717, 1.165) is 11.1 Å². The molecular weight excluding hydrogens is 487 g/mol. The second kappa shape index (κ2) is 12.4. The summed E-state index contributed by atoms with van der Waals surface area (Å²) in [5.41, 5.74) is 7.86. The third-order valence-electron chi connectivity index (χ3n) is 7.37. The van der Waals surface area contributed by atoms with Crippen LogP contribution >= 0.6 is 0 Å². The zero-order chi connectivity index (χ0) is 27.2. The van der Waals surface area contributed by atoms with Gasteiger partial charge in [-0.1, -0.05) is 42.5 Å². The molecule has 2 aliphatic rings. The first kappa shape index (κ1) is 27.6. The Bertz CT molecular complexity index is 1120. The van der Waals surface area contributed by atoms with Gasteiger partial charge in [0.1, 0.15) is 17.8 Å². The van der Waals surface area contributed by atoms with E-state index in [4.69, 9.17) is 5.73 Å². The number of nitrogens with two attached hydrogens (primary N) is 1. The number of carbonyl (C=O) groups is 3. The minimum absolute atomic E-state index is 0.123. The van der Waals surface area contributed by atoms with Crippen LogP contribution in [0.2, 0.25) is 0 Å². The molecule has 4 rings (SSSR count). The molecule has 0 unspecified atom stereocenters. The van der Waals surface area contributed by atoms with Gasteiger partial charge in [-0.15, -0.1) is 0 Å². The van der Waals surface area contributed by atoms with Crippen LogP contribution in [0.25, 0.3) is 0 Å². The van der Waals surface area contributed by atoms with Gasteiger partial charge >= 0.3 is 7.12 Å². The number of aromatic hydroxyl groups is 1. The van der Waals surface area contributed by atoms with Gasteiger partial charge in [0.15, 0.2) is 0 Å². The first-order valence-electron chi connectivity index (χ1n) is 13.1. The normalized spacial score (nSPS) is 20.7. The Morgan fingerprint density at radius 1 is 0.895 bits per heavy atom. The monoisotopic (exact) mass is 522 g/mol. The Hall–Kier alpha value is -3.41. The molecule has 0 bridgehead atoms. The second-order valence-corrected chi connectivity index (χ2v) is 10.1. The van der Waals surface area contributed by atoms with Crippen LogP contribution in [0.5, 0.6) is 5.75 Å². The molecule has 0 aliphatic carbocycles. The van der Waals surface area contributed by atoms with Gasteiger partial charge in [0.25, 0.3) is 0 Å². The number of benzene rings is 2. The fourth-order valence-electron chi connectivity index (χ4n) is 5.38. The standard InChI is InChI=1S/C27H35BN4O6/c29-21(16-19-10-12-20(33)13-11-19)26(35)31-14-4-8-23(31)25(34)30-22(17-18-6-2-1-3-7-18)27(36)32-15-5-9-24(32)28(37)38/h1-3,6-7,10-13,21-24,33,37-38H,4-5,8-9,14-17,29H2,(H,30,34)/t21-,22-,23+,24-/m0/s1. The van der Waals surface area contributed by atoms with Crippen LogP contribution < -0.4 is 11.1 Å². The maximum absolute atomic E-state index is 13.5. The lowest BCUT2D eigenvalue weighted by Gasteiger charge is -2.31. The summed E-state index contributed by atoms with van der Waals surface area (Å²) in [5.74, 6) is -1.75. The van der Waals surface area contributed by atoms with Gasteiger partial charge < -0.3 is 36.0 Å². The first-order valence-corrected chi connectivity index (χ1v) is 13.1. The highest BCUT2D eigenvalue weighted by Gasteiger charge is 2.42. The fraction of sp³-hybridized carbons (Fsp3) is 0.444. The molecule has 11 heteroatoms. The third-order valence-corrected chi connectivity index (χ3v) is 7.37. The summed E-state index contributed by atoms with van der Waals surface area (Å²) in [6, 6.07) is 13.2. The number of phenolic OH excluding ortho intramolecular Hbond substituents is 1. The van der Waals surface area contributed by atoms with Crippen molar-refractivity contribution in [3.63, 3.8) is 0 Å². The maximum Gasteiger partial charge on any atom is 0.475 e. The van der Waals surface area contributed by atoms with Crippen LogP contribution in [0.1, 0.15) is 36.8 Å². The molecule has 0 aromatic heterocycles. The average Bonchev–Trinajstić information content (AvgIpc) is 3.60. The van der Waals surface area contributed by atoms with E-state index in [1.54, 1.807) is 12.1 Å². The molecule has 6 N–H and O–H groups in total. The first-order chi connectivity index (χ1) is 18.2. The van der Waals surface area contributed by atoms with E-state index in [9.17, 15) is 29.5 Å². The molecule has 2 aromatic carbocycles. The number of nitrogens with zero attached hydrogens (tertiary/aromatic N) is 2.